The molecule has 0 radical (unpaired) electrons. The maximum absolute atomic E-state index is 10.8. The summed E-state index contributed by atoms with van der Waals surface area (Å²) < 4.78 is 16.1. The number of carbonyl (C=O) groups is 1. The van der Waals surface area contributed by atoms with Gasteiger partial charge in [0.25, 0.3) is 0 Å². The lowest BCUT2D eigenvalue weighted by Gasteiger charge is -2.14. The molecule has 2 aromatic rings. The Labute approximate surface area is 164 Å². The van der Waals surface area contributed by atoms with E-state index in [4.69, 9.17) is 19.9 Å². The number of hydrogen-bond acceptors (Lipinski definition) is 6. The van der Waals surface area contributed by atoms with E-state index in [-0.39, 0.29) is 6.61 Å². The standard InChI is InChI=1S/C20H27N3O5/c1-26-18-8-3-14(11-19(18)27-2)9-10-22-12-16(24)13-28-17-6-4-15(5-7-17)23-20(21)25/h3-8,11,16,22,24H,9-10,12-13H2,1-2H3,(H3,21,23,25). The zero-order chi connectivity index (χ0) is 20.4. The Morgan fingerprint density at radius 2 is 1.82 bits per heavy atom. The second-order valence-corrected chi connectivity index (χ2v) is 6.12. The van der Waals surface area contributed by atoms with Gasteiger partial charge in [-0.2, -0.15) is 0 Å². The molecule has 1 unspecified atom stereocenters. The molecule has 8 nitrogen and oxygen atoms in total. The molecule has 0 aliphatic heterocycles. The van der Waals surface area contributed by atoms with Gasteiger partial charge in [-0.1, -0.05) is 6.07 Å². The van der Waals surface area contributed by atoms with Crippen LogP contribution in [0.2, 0.25) is 0 Å². The van der Waals surface area contributed by atoms with Gasteiger partial charge in [-0.15, -0.1) is 0 Å². The first-order valence-corrected chi connectivity index (χ1v) is 8.91. The van der Waals surface area contributed by atoms with Crippen molar-refractivity contribution in [2.24, 2.45) is 5.73 Å². The highest BCUT2D eigenvalue weighted by atomic mass is 16.5. The van der Waals surface area contributed by atoms with Crippen LogP contribution >= 0.6 is 0 Å². The van der Waals surface area contributed by atoms with Crippen molar-refractivity contribution >= 4 is 11.7 Å². The predicted octanol–water partition coefficient (Wildman–Crippen LogP) is 1.77. The van der Waals surface area contributed by atoms with E-state index in [0.29, 0.717) is 36.0 Å². The van der Waals surface area contributed by atoms with E-state index in [1.54, 1.807) is 38.5 Å². The van der Waals surface area contributed by atoms with Crippen molar-refractivity contribution < 1.29 is 24.1 Å². The van der Waals surface area contributed by atoms with E-state index in [1.807, 2.05) is 18.2 Å². The fourth-order valence-corrected chi connectivity index (χ4v) is 2.57. The number of methoxy groups -OCH3 is 2. The van der Waals surface area contributed by atoms with Crippen LogP contribution in [0.15, 0.2) is 42.5 Å². The van der Waals surface area contributed by atoms with Crippen molar-refractivity contribution in [3.8, 4) is 17.2 Å². The molecule has 8 heteroatoms. The molecule has 1 atom stereocenters. The first-order chi connectivity index (χ1) is 13.5. The predicted molar refractivity (Wildman–Crippen MR) is 107 cm³/mol. The summed E-state index contributed by atoms with van der Waals surface area (Å²) >= 11 is 0. The maximum Gasteiger partial charge on any atom is 0.316 e. The summed E-state index contributed by atoms with van der Waals surface area (Å²) in [6, 6.07) is 11.9. The van der Waals surface area contributed by atoms with Crippen molar-refractivity contribution in [2.75, 3.05) is 39.2 Å². The summed E-state index contributed by atoms with van der Waals surface area (Å²) in [4.78, 5) is 10.8. The largest absolute Gasteiger partial charge is 0.493 e. The maximum atomic E-state index is 10.8. The van der Waals surface area contributed by atoms with E-state index in [9.17, 15) is 9.90 Å². The summed E-state index contributed by atoms with van der Waals surface area (Å²) in [5.74, 6) is 2.00. The first kappa shape index (κ1) is 21.3. The number of nitrogens with two attached hydrogens (primary N) is 1. The number of benzene rings is 2. The second kappa shape index (κ2) is 11.0. The summed E-state index contributed by atoms with van der Waals surface area (Å²) in [7, 11) is 3.22. The quantitative estimate of drug-likeness (QED) is 0.436. The minimum Gasteiger partial charge on any atom is -0.493 e. The van der Waals surface area contributed by atoms with E-state index < -0.39 is 12.1 Å². The average molecular weight is 389 g/mol. The van der Waals surface area contributed by atoms with Gasteiger partial charge in [0, 0.05) is 12.2 Å². The normalized spacial score (nSPS) is 11.5. The van der Waals surface area contributed by atoms with Crippen molar-refractivity contribution in [3.63, 3.8) is 0 Å². The molecular formula is C20H27N3O5. The van der Waals surface area contributed by atoms with Gasteiger partial charge in [0.05, 0.1) is 14.2 Å². The van der Waals surface area contributed by atoms with Crippen molar-refractivity contribution in [1.82, 2.24) is 5.32 Å². The Bertz CT molecular complexity index is 752. The molecule has 0 saturated heterocycles. The van der Waals surface area contributed by atoms with E-state index in [1.165, 1.54) is 0 Å². The molecule has 0 aliphatic carbocycles. The molecule has 0 bridgehead atoms. The minimum absolute atomic E-state index is 0.159. The summed E-state index contributed by atoms with van der Waals surface area (Å²) in [6.45, 7) is 1.28. The van der Waals surface area contributed by atoms with Gasteiger partial charge in [0.2, 0.25) is 0 Å². The molecule has 2 rings (SSSR count). The molecule has 28 heavy (non-hydrogen) atoms. The number of urea groups is 1. The number of anilines is 1. The third-order valence-electron chi connectivity index (χ3n) is 3.98. The van der Waals surface area contributed by atoms with Crippen molar-refractivity contribution in [1.29, 1.82) is 0 Å². The summed E-state index contributed by atoms with van der Waals surface area (Å²) in [6.07, 6.45) is 0.149. The Kier molecular flexibility index (Phi) is 8.38. The van der Waals surface area contributed by atoms with Gasteiger partial charge in [0.1, 0.15) is 18.5 Å². The number of hydrogen-bond donors (Lipinski definition) is 4. The van der Waals surface area contributed by atoms with Gasteiger partial charge in [-0.3, -0.25) is 0 Å². The van der Waals surface area contributed by atoms with Gasteiger partial charge >= 0.3 is 6.03 Å². The van der Waals surface area contributed by atoms with Crippen LogP contribution in [0, 0.1) is 0 Å². The molecule has 2 aromatic carbocycles. The molecule has 152 valence electrons. The van der Waals surface area contributed by atoms with Crippen LogP contribution in [-0.2, 0) is 6.42 Å². The van der Waals surface area contributed by atoms with Crippen molar-refractivity contribution in [3.05, 3.63) is 48.0 Å². The lowest BCUT2D eigenvalue weighted by Crippen LogP contribution is -2.32. The summed E-state index contributed by atoms with van der Waals surface area (Å²) in [5.41, 5.74) is 6.74. The SMILES string of the molecule is COc1ccc(CCNCC(O)COc2ccc(NC(N)=O)cc2)cc1OC. The zero-order valence-corrected chi connectivity index (χ0v) is 16.1. The van der Waals surface area contributed by atoms with Crippen LogP contribution in [0.25, 0.3) is 0 Å². The van der Waals surface area contributed by atoms with Gasteiger partial charge in [-0.05, 0) is 54.9 Å². The number of carbonyl (C=O) groups excluding carboxylic acids is 1. The van der Waals surface area contributed by atoms with Gasteiger partial charge in [-0.25, -0.2) is 4.79 Å². The number of aliphatic hydroxyl groups excluding tert-OH is 1. The fraction of sp³-hybridized carbons (Fsp3) is 0.350. The third kappa shape index (κ3) is 6.98. The Morgan fingerprint density at radius 1 is 1.11 bits per heavy atom. The highest BCUT2D eigenvalue weighted by molar-refractivity contribution is 5.87. The van der Waals surface area contributed by atoms with E-state index in [2.05, 4.69) is 10.6 Å². The van der Waals surface area contributed by atoms with Crippen LogP contribution in [-0.4, -0.2) is 51.2 Å². The molecular weight excluding hydrogens is 362 g/mol. The first-order valence-electron chi connectivity index (χ1n) is 8.91. The van der Waals surface area contributed by atoms with Crippen LogP contribution in [0.5, 0.6) is 17.2 Å². The highest BCUT2D eigenvalue weighted by Gasteiger charge is 2.07. The number of aliphatic hydroxyl groups is 1. The Morgan fingerprint density at radius 3 is 2.46 bits per heavy atom. The Hall–Kier alpha value is -2.97. The monoisotopic (exact) mass is 389 g/mol. The zero-order valence-electron chi connectivity index (χ0n) is 16.1. The number of primary amides is 1. The number of amides is 2. The number of ether oxygens (including phenoxy) is 3. The van der Waals surface area contributed by atoms with Crippen LogP contribution in [0.3, 0.4) is 0 Å². The van der Waals surface area contributed by atoms with Crippen LogP contribution in [0.4, 0.5) is 10.5 Å². The molecule has 5 N–H and O–H groups in total. The van der Waals surface area contributed by atoms with Gasteiger partial charge in [0.15, 0.2) is 11.5 Å². The second-order valence-electron chi connectivity index (χ2n) is 6.12. The average Bonchev–Trinajstić information content (AvgIpc) is 2.70. The minimum atomic E-state index is -0.645. The highest BCUT2D eigenvalue weighted by Crippen LogP contribution is 2.27. The summed E-state index contributed by atoms with van der Waals surface area (Å²) in [5, 5.41) is 15.7. The molecule has 0 fully saturated rings. The lowest BCUT2D eigenvalue weighted by molar-refractivity contribution is 0.106. The lowest BCUT2D eigenvalue weighted by atomic mass is 10.1. The van der Waals surface area contributed by atoms with Crippen molar-refractivity contribution in [2.45, 2.75) is 12.5 Å². The number of rotatable bonds is 11. The third-order valence-corrected chi connectivity index (χ3v) is 3.98. The smallest absolute Gasteiger partial charge is 0.316 e. The number of nitrogens with one attached hydrogen (secondary N) is 2. The topological polar surface area (TPSA) is 115 Å². The Balaban J connectivity index is 1.67. The fourth-order valence-electron chi connectivity index (χ4n) is 2.57. The van der Waals surface area contributed by atoms with Crippen LogP contribution < -0.4 is 30.6 Å². The molecule has 0 saturated carbocycles. The molecule has 2 amide bonds. The van der Waals surface area contributed by atoms with Crippen LogP contribution in [0.1, 0.15) is 5.56 Å². The molecule has 0 aliphatic rings. The molecule has 0 aromatic heterocycles. The van der Waals surface area contributed by atoms with E-state index >= 15 is 0 Å². The van der Waals surface area contributed by atoms with Gasteiger partial charge < -0.3 is 35.7 Å². The molecule has 0 spiro atoms. The molecule has 0 heterocycles. The van der Waals surface area contributed by atoms with E-state index in [0.717, 1.165) is 12.0 Å².